The van der Waals surface area contributed by atoms with Crippen molar-refractivity contribution in [2.24, 2.45) is 0 Å². The summed E-state index contributed by atoms with van der Waals surface area (Å²) in [4.78, 5) is 15.9. The molecule has 0 atom stereocenters. The van der Waals surface area contributed by atoms with Crippen LogP contribution in [0.4, 0.5) is 0 Å². The molecule has 2 heterocycles. The van der Waals surface area contributed by atoms with Crippen LogP contribution in [0.3, 0.4) is 0 Å². The predicted octanol–water partition coefficient (Wildman–Crippen LogP) is 1.16. The fourth-order valence-corrected chi connectivity index (χ4v) is 1.89. The average Bonchev–Trinajstić information content (AvgIpc) is 2.69. The van der Waals surface area contributed by atoms with Gasteiger partial charge in [-0.25, -0.2) is 9.67 Å². The fourth-order valence-electron chi connectivity index (χ4n) is 1.72. The van der Waals surface area contributed by atoms with Gasteiger partial charge in [0, 0.05) is 5.02 Å². The van der Waals surface area contributed by atoms with Crippen LogP contribution in [0.2, 0.25) is 5.02 Å². The van der Waals surface area contributed by atoms with Crippen molar-refractivity contribution in [1.82, 2.24) is 20.1 Å². The molecule has 6 heteroatoms. The normalized spacial score (nSPS) is 13.7. The summed E-state index contributed by atoms with van der Waals surface area (Å²) in [6, 6.07) is 5.12. The number of carbonyl (C=O) groups excluding carboxylic acids is 1. The quantitative estimate of drug-likeness (QED) is 0.744. The molecule has 2 aromatic rings. The van der Waals surface area contributed by atoms with E-state index in [9.17, 15) is 4.79 Å². The summed E-state index contributed by atoms with van der Waals surface area (Å²) in [5, 5.41) is 7.37. The number of amides is 1. The first-order valence-electron chi connectivity index (χ1n) is 4.73. The van der Waals surface area contributed by atoms with Crippen LogP contribution in [0.1, 0.15) is 16.2 Å². The van der Waals surface area contributed by atoms with Crippen molar-refractivity contribution < 1.29 is 4.79 Å². The van der Waals surface area contributed by atoms with Crippen molar-refractivity contribution in [3.8, 4) is 5.69 Å². The van der Waals surface area contributed by atoms with Crippen LogP contribution in [0.15, 0.2) is 24.5 Å². The number of fused-ring (bicyclic) bond motifs is 3. The van der Waals surface area contributed by atoms with E-state index in [1.54, 1.807) is 22.9 Å². The Bertz CT molecular complexity index is 578. The molecule has 5 nitrogen and oxygen atoms in total. The Morgan fingerprint density at radius 3 is 3.19 bits per heavy atom. The summed E-state index contributed by atoms with van der Waals surface area (Å²) in [6.45, 7) is 0.366. The third kappa shape index (κ3) is 1.29. The van der Waals surface area contributed by atoms with Gasteiger partial charge in [-0.3, -0.25) is 4.79 Å². The third-order valence-electron chi connectivity index (χ3n) is 2.46. The monoisotopic (exact) mass is 234 g/mol. The van der Waals surface area contributed by atoms with Gasteiger partial charge in [0.15, 0.2) is 5.82 Å². The van der Waals surface area contributed by atoms with E-state index in [0.29, 0.717) is 28.6 Å². The Morgan fingerprint density at radius 2 is 2.31 bits per heavy atom. The number of halogens is 1. The second kappa shape index (κ2) is 3.31. The zero-order chi connectivity index (χ0) is 11.1. The Kier molecular flexibility index (Phi) is 1.94. The van der Waals surface area contributed by atoms with E-state index in [-0.39, 0.29) is 5.91 Å². The number of benzene rings is 1. The van der Waals surface area contributed by atoms with Crippen molar-refractivity contribution in [1.29, 1.82) is 0 Å². The van der Waals surface area contributed by atoms with E-state index in [1.165, 1.54) is 6.33 Å². The van der Waals surface area contributed by atoms with Crippen LogP contribution in [-0.4, -0.2) is 20.7 Å². The molecular weight excluding hydrogens is 228 g/mol. The Labute approximate surface area is 96.1 Å². The van der Waals surface area contributed by atoms with Crippen molar-refractivity contribution in [2.75, 3.05) is 0 Å². The molecule has 1 aromatic carbocycles. The lowest BCUT2D eigenvalue weighted by Gasteiger charge is -2.05. The van der Waals surface area contributed by atoms with Gasteiger partial charge in [0.25, 0.3) is 5.91 Å². The second-order valence-electron chi connectivity index (χ2n) is 3.43. The molecule has 80 valence electrons. The number of rotatable bonds is 0. The minimum Gasteiger partial charge on any atom is -0.345 e. The summed E-state index contributed by atoms with van der Waals surface area (Å²) in [7, 11) is 0. The molecule has 0 spiro atoms. The smallest absolute Gasteiger partial charge is 0.253 e. The zero-order valence-electron chi connectivity index (χ0n) is 8.14. The molecule has 1 aliphatic heterocycles. The molecule has 0 fully saturated rings. The van der Waals surface area contributed by atoms with Gasteiger partial charge in [0.2, 0.25) is 0 Å². The predicted molar refractivity (Wildman–Crippen MR) is 57.5 cm³/mol. The van der Waals surface area contributed by atoms with Crippen LogP contribution >= 0.6 is 11.6 Å². The molecule has 16 heavy (non-hydrogen) atoms. The van der Waals surface area contributed by atoms with Crippen LogP contribution < -0.4 is 5.32 Å². The van der Waals surface area contributed by atoms with Gasteiger partial charge in [-0.15, -0.1) is 0 Å². The topological polar surface area (TPSA) is 59.8 Å². The minimum atomic E-state index is -0.162. The highest BCUT2D eigenvalue weighted by Gasteiger charge is 2.20. The Morgan fingerprint density at radius 1 is 1.44 bits per heavy atom. The molecule has 0 saturated carbocycles. The molecule has 1 aromatic heterocycles. The first-order chi connectivity index (χ1) is 7.75. The van der Waals surface area contributed by atoms with Crippen LogP contribution in [0, 0.1) is 0 Å². The Balaban J connectivity index is 2.31. The van der Waals surface area contributed by atoms with E-state index < -0.39 is 0 Å². The molecule has 3 rings (SSSR count). The van der Waals surface area contributed by atoms with Crippen molar-refractivity contribution in [2.45, 2.75) is 6.54 Å². The SMILES string of the molecule is O=C1NCc2ncnn2-c2ccc(Cl)cc21. The van der Waals surface area contributed by atoms with Crippen molar-refractivity contribution >= 4 is 17.5 Å². The first-order valence-corrected chi connectivity index (χ1v) is 5.10. The minimum absolute atomic E-state index is 0.162. The van der Waals surface area contributed by atoms with Gasteiger partial charge in [0.05, 0.1) is 17.8 Å². The summed E-state index contributed by atoms with van der Waals surface area (Å²) < 4.78 is 1.64. The number of nitrogens with one attached hydrogen (secondary N) is 1. The van der Waals surface area contributed by atoms with E-state index in [0.717, 1.165) is 0 Å². The number of aromatic nitrogens is 3. The van der Waals surface area contributed by atoms with E-state index in [4.69, 9.17) is 11.6 Å². The summed E-state index contributed by atoms with van der Waals surface area (Å²) in [5.41, 5.74) is 1.21. The maximum atomic E-state index is 11.8. The fraction of sp³-hybridized carbons (Fsp3) is 0.100. The van der Waals surface area contributed by atoms with Gasteiger partial charge >= 0.3 is 0 Å². The van der Waals surface area contributed by atoms with Gasteiger partial charge in [-0.05, 0) is 18.2 Å². The first kappa shape index (κ1) is 9.35. The lowest BCUT2D eigenvalue weighted by molar-refractivity contribution is 0.0952. The standard InChI is InChI=1S/C10H7ClN4O/c11-6-1-2-8-7(3-6)10(16)12-4-9-13-5-14-15(8)9/h1-3,5H,4H2,(H,12,16). The largest absolute Gasteiger partial charge is 0.345 e. The molecule has 0 unspecified atom stereocenters. The molecular formula is C10H7ClN4O. The highest BCUT2D eigenvalue weighted by molar-refractivity contribution is 6.31. The zero-order valence-corrected chi connectivity index (χ0v) is 8.90. The van der Waals surface area contributed by atoms with Crippen molar-refractivity contribution in [3.05, 3.63) is 40.9 Å². The molecule has 0 bridgehead atoms. The van der Waals surface area contributed by atoms with Crippen LogP contribution in [-0.2, 0) is 6.54 Å². The molecule has 0 radical (unpaired) electrons. The maximum Gasteiger partial charge on any atom is 0.253 e. The highest BCUT2D eigenvalue weighted by Crippen LogP contribution is 2.22. The van der Waals surface area contributed by atoms with Crippen LogP contribution in [0.5, 0.6) is 0 Å². The molecule has 0 saturated heterocycles. The lowest BCUT2D eigenvalue weighted by atomic mass is 10.1. The van der Waals surface area contributed by atoms with Crippen LogP contribution in [0.25, 0.3) is 5.69 Å². The molecule has 1 amide bonds. The summed E-state index contributed by atoms with van der Waals surface area (Å²) >= 11 is 5.87. The average molecular weight is 235 g/mol. The lowest BCUT2D eigenvalue weighted by Crippen LogP contribution is -2.21. The molecule has 1 N–H and O–H groups in total. The molecule has 1 aliphatic rings. The van der Waals surface area contributed by atoms with E-state index >= 15 is 0 Å². The highest BCUT2D eigenvalue weighted by atomic mass is 35.5. The third-order valence-corrected chi connectivity index (χ3v) is 2.69. The summed E-state index contributed by atoms with van der Waals surface area (Å²) in [5.74, 6) is 0.541. The number of hydrogen-bond donors (Lipinski definition) is 1. The van der Waals surface area contributed by atoms with Gasteiger partial charge in [-0.2, -0.15) is 5.10 Å². The molecule has 0 aliphatic carbocycles. The summed E-state index contributed by atoms with van der Waals surface area (Å²) in [6.07, 6.45) is 1.46. The Hall–Kier alpha value is -1.88. The van der Waals surface area contributed by atoms with Gasteiger partial charge in [0.1, 0.15) is 6.33 Å². The van der Waals surface area contributed by atoms with Gasteiger partial charge < -0.3 is 5.32 Å². The second-order valence-corrected chi connectivity index (χ2v) is 3.87. The van der Waals surface area contributed by atoms with Gasteiger partial charge in [-0.1, -0.05) is 11.6 Å². The van der Waals surface area contributed by atoms with Crippen molar-refractivity contribution in [3.63, 3.8) is 0 Å². The van der Waals surface area contributed by atoms with E-state index in [1.807, 2.05) is 0 Å². The number of nitrogens with zero attached hydrogens (tertiary/aromatic N) is 3. The number of carbonyl (C=O) groups is 1. The van der Waals surface area contributed by atoms with E-state index in [2.05, 4.69) is 15.4 Å². The maximum absolute atomic E-state index is 11.8. The number of hydrogen-bond acceptors (Lipinski definition) is 3.